The Morgan fingerprint density at radius 1 is 0.968 bits per heavy atom. The Balaban J connectivity index is 1.71. The highest BCUT2D eigenvalue weighted by Gasteiger charge is 2.35. The van der Waals surface area contributed by atoms with Gasteiger partial charge in [0.15, 0.2) is 6.61 Å². The van der Waals surface area contributed by atoms with Gasteiger partial charge in [-0.3, -0.25) is 15.0 Å². The van der Waals surface area contributed by atoms with Gasteiger partial charge in [0, 0.05) is 17.5 Å². The number of para-hydroxylation sites is 1. The van der Waals surface area contributed by atoms with Crippen LogP contribution in [-0.2, 0) is 4.79 Å². The topological polar surface area (TPSA) is 97.0 Å². The van der Waals surface area contributed by atoms with Crippen molar-refractivity contribution in [1.82, 2.24) is 10.4 Å². The van der Waals surface area contributed by atoms with Crippen molar-refractivity contribution in [3.05, 3.63) is 102 Å². The third-order valence-corrected chi connectivity index (χ3v) is 5.04. The molecule has 7 heteroatoms. The fourth-order valence-electron chi connectivity index (χ4n) is 3.53. The molecule has 1 atom stereocenters. The molecule has 31 heavy (non-hydrogen) atoms. The van der Waals surface area contributed by atoms with Crippen LogP contribution in [0.3, 0.4) is 0 Å². The number of nitrogens with two attached hydrogens (primary N) is 1. The van der Waals surface area contributed by atoms with Gasteiger partial charge in [-0.1, -0.05) is 66.7 Å². The minimum absolute atomic E-state index is 0.203. The van der Waals surface area contributed by atoms with Crippen molar-refractivity contribution in [3.63, 3.8) is 0 Å². The molecule has 0 aliphatic carbocycles. The van der Waals surface area contributed by atoms with Crippen LogP contribution in [0.5, 0.6) is 5.75 Å². The maximum atomic E-state index is 13.3. The molecule has 0 fully saturated rings. The standard InChI is InChI=1S/C24H22N4O3/c25-26-23(29)16-31-22-14-8-7-13-19(22)21-15-20(17-9-3-1-4-10-17)27-28(21)24(30)18-11-5-2-6-12-18/h1-14,21H,15-16,25H2,(H,26,29). The first-order valence-corrected chi connectivity index (χ1v) is 9.90. The molecule has 0 saturated carbocycles. The molecule has 3 N–H and O–H groups in total. The van der Waals surface area contributed by atoms with Gasteiger partial charge in [-0.25, -0.2) is 10.9 Å². The molecule has 2 amide bonds. The smallest absolute Gasteiger partial charge is 0.274 e. The molecule has 0 saturated heterocycles. The summed E-state index contributed by atoms with van der Waals surface area (Å²) in [5, 5.41) is 6.19. The first kappa shape index (κ1) is 20.3. The zero-order valence-electron chi connectivity index (χ0n) is 16.8. The van der Waals surface area contributed by atoms with Crippen LogP contribution < -0.4 is 16.0 Å². The maximum absolute atomic E-state index is 13.3. The number of rotatable bonds is 6. The third-order valence-electron chi connectivity index (χ3n) is 5.04. The van der Waals surface area contributed by atoms with Crippen molar-refractivity contribution < 1.29 is 14.3 Å². The second-order valence-electron chi connectivity index (χ2n) is 7.04. The van der Waals surface area contributed by atoms with Crippen molar-refractivity contribution in [1.29, 1.82) is 0 Å². The normalized spacial score (nSPS) is 15.3. The van der Waals surface area contributed by atoms with Crippen LogP contribution in [-0.4, -0.2) is 29.1 Å². The average molecular weight is 414 g/mol. The lowest BCUT2D eigenvalue weighted by Gasteiger charge is -2.24. The number of carbonyl (C=O) groups is 2. The number of carbonyl (C=O) groups excluding carboxylic acids is 2. The number of nitrogens with zero attached hydrogens (tertiary/aromatic N) is 2. The van der Waals surface area contributed by atoms with Crippen LogP contribution in [0.25, 0.3) is 0 Å². The Kier molecular flexibility index (Phi) is 6.05. The molecule has 1 unspecified atom stereocenters. The van der Waals surface area contributed by atoms with Crippen LogP contribution in [0.1, 0.15) is 33.9 Å². The molecular weight excluding hydrogens is 392 g/mol. The van der Waals surface area contributed by atoms with Gasteiger partial charge in [0.05, 0.1) is 11.8 Å². The molecule has 1 aliphatic heterocycles. The van der Waals surface area contributed by atoms with E-state index in [2.05, 4.69) is 5.43 Å². The van der Waals surface area contributed by atoms with Crippen molar-refractivity contribution in [2.24, 2.45) is 10.9 Å². The maximum Gasteiger partial charge on any atom is 0.274 e. The van der Waals surface area contributed by atoms with E-state index in [1.165, 1.54) is 5.01 Å². The highest BCUT2D eigenvalue weighted by Crippen LogP contribution is 2.38. The molecule has 7 nitrogen and oxygen atoms in total. The van der Waals surface area contributed by atoms with E-state index in [4.69, 9.17) is 15.7 Å². The summed E-state index contributed by atoms with van der Waals surface area (Å²) in [5.41, 5.74) is 5.13. The predicted molar refractivity (Wildman–Crippen MR) is 117 cm³/mol. The largest absolute Gasteiger partial charge is 0.483 e. The van der Waals surface area contributed by atoms with E-state index in [9.17, 15) is 9.59 Å². The van der Waals surface area contributed by atoms with Crippen LogP contribution >= 0.6 is 0 Å². The van der Waals surface area contributed by atoms with Crippen LogP contribution in [0.2, 0.25) is 0 Å². The Hall–Kier alpha value is -3.97. The first-order valence-electron chi connectivity index (χ1n) is 9.90. The molecule has 1 aliphatic rings. The number of hydrogen-bond donors (Lipinski definition) is 2. The number of benzene rings is 3. The Labute approximate surface area is 180 Å². The van der Waals surface area contributed by atoms with Crippen LogP contribution in [0.15, 0.2) is 90.0 Å². The van der Waals surface area contributed by atoms with Crippen molar-refractivity contribution in [2.45, 2.75) is 12.5 Å². The van der Waals surface area contributed by atoms with Gasteiger partial charge in [0.1, 0.15) is 5.75 Å². The first-order chi connectivity index (χ1) is 15.2. The third kappa shape index (κ3) is 4.46. The van der Waals surface area contributed by atoms with Gasteiger partial charge < -0.3 is 4.74 Å². The van der Waals surface area contributed by atoms with E-state index in [1.54, 1.807) is 18.2 Å². The summed E-state index contributed by atoms with van der Waals surface area (Å²) in [6.07, 6.45) is 0.520. The highest BCUT2D eigenvalue weighted by atomic mass is 16.5. The quantitative estimate of drug-likeness (QED) is 0.368. The van der Waals surface area contributed by atoms with Gasteiger partial charge in [0.25, 0.3) is 11.8 Å². The predicted octanol–water partition coefficient (Wildman–Crippen LogP) is 3.05. The van der Waals surface area contributed by atoms with E-state index >= 15 is 0 Å². The van der Waals surface area contributed by atoms with Crippen molar-refractivity contribution in [2.75, 3.05) is 6.61 Å². The Morgan fingerprint density at radius 2 is 1.61 bits per heavy atom. The lowest BCUT2D eigenvalue weighted by Crippen LogP contribution is -2.34. The number of amides is 2. The van der Waals surface area contributed by atoms with E-state index in [0.717, 1.165) is 16.8 Å². The summed E-state index contributed by atoms with van der Waals surface area (Å²) in [4.78, 5) is 24.9. The van der Waals surface area contributed by atoms with E-state index < -0.39 is 5.91 Å². The molecule has 4 rings (SSSR count). The number of ether oxygens (including phenoxy) is 1. The van der Waals surface area contributed by atoms with Crippen molar-refractivity contribution in [3.8, 4) is 5.75 Å². The van der Waals surface area contributed by atoms with Gasteiger partial charge >= 0.3 is 0 Å². The summed E-state index contributed by atoms with van der Waals surface area (Å²) in [7, 11) is 0. The zero-order valence-corrected chi connectivity index (χ0v) is 16.8. The van der Waals surface area contributed by atoms with E-state index in [0.29, 0.717) is 17.7 Å². The second kappa shape index (κ2) is 9.23. The summed E-state index contributed by atoms with van der Waals surface area (Å²) in [5.74, 6) is 5.01. The molecule has 156 valence electrons. The summed E-state index contributed by atoms with van der Waals surface area (Å²) < 4.78 is 5.70. The number of hydrazone groups is 1. The summed E-state index contributed by atoms with van der Waals surface area (Å²) in [6.45, 7) is -0.223. The second-order valence-corrected chi connectivity index (χ2v) is 7.04. The fraction of sp³-hybridized carbons (Fsp3) is 0.125. The van der Waals surface area contributed by atoms with Gasteiger partial charge in [-0.15, -0.1) is 0 Å². The summed E-state index contributed by atoms with van der Waals surface area (Å²) in [6, 6.07) is 25.8. The monoisotopic (exact) mass is 414 g/mol. The molecule has 3 aromatic rings. The van der Waals surface area contributed by atoms with Crippen molar-refractivity contribution >= 4 is 17.5 Å². The molecule has 0 radical (unpaired) electrons. The average Bonchev–Trinajstić information content (AvgIpc) is 3.28. The molecular formula is C24H22N4O3. The van der Waals surface area contributed by atoms with Crippen LogP contribution in [0, 0.1) is 0 Å². The summed E-state index contributed by atoms with van der Waals surface area (Å²) >= 11 is 0. The molecule has 1 heterocycles. The Morgan fingerprint density at radius 3 is 2.32 bits per heavy atom. The minimum atomic E-state index is -0.445. The SMILES string of the molecule is NNC(=O)COc1ccccc1C1CC(c2ccccc2)=NN1C(=O)c1ccccc1. The van der Waals surface area contributed by atoms with E-state index in [1.807, 2.05) is 66.7 Å². The van der Waals surface area contributed by atoms with Gasteiger partial charge in [0.2, 0.25) is 0 Å². The number of nitrogens with one attached hydrogen (secondary N) is 1. The molecule has 0 aromatic heterocycles. The number of hydrogen-bond acceptors (Lipinski definition) is 5. The molecule has 3 aromatic carbocycles. The van der Waals surface area contributed by atoms with E-state index in [-0.39, 0.29) is 18.6 Å². The lowest BCUT2D eigenvalue weighted by molar-refractivity contribution is -0.123. The lowest BCUT2D eigenvalue weighted by atomic mass is 9.97. The molecule has 0 spiro atoms. The van der Waals surface area contributed by atoms with Gasteiger partial charge in [-0.05, 0) is 23.8 Å². The highest BCUT2D eigenvalue weighted by molar-refractivity contribution is 6.05. The zero-order chi connectivity index (χ0) is 21.6. The number of hydrazine groups is 1. The fourth-order valence-corrected chi connectivity index (χ4v) is 3.53. The Bertz CT molecular complexity index is 1100. The van der Waals surface area contributed by atoms with Crippen LogP contribution in [0.4, 0.5) is 0 Å². The molecule has 0 bridgehead atoms. The minimum Gasteiger partial charge on any atom is -0.483 e. The van der Waals surface area contributed by atoms with Gasteiger partial charge in [-0.2, -0.15) is 5.10 Å².